The minimum absolute atomic E-state index is 0.675. The third-order valence-corrected chi connectivity index (χ3v) is 29.7. The zero-order valence-electron chi connectivity index (χ0n) is 77.8. The van der Waals surface area contributed by atoms with Gasteiger partial charge in [0.1, 0.15) is 0 Å². The molecule has 0 aliphatic carbocycles. The number of para-hydroxylation sites is 12. The third-order valence-electron chi connectivity index (χ3n) is 29.7. The molecule has 6 heterocycles. The number of rotatable bonds is 9. The van der Waals surface area contributed by atoms with Crippen LogP contribution >= 0.6 is 0 Å². The maximum Gasteiger partial charge on any atom is 0.0998 e. The zero-order valence-corrected chi connectivity index (χ0v) is 77.8. The molecule has 0 atom stereocenters. The maximum atomic E-state index is 9.90. The van der Waals surface area contributed by atoms with E-state index >= 15 is 0 Å². The van der Waals surface area contributed by atoms with Crippen LogP contribution in [0.15, 0.2) is 491 Å². The van der Waals surface area contributed by atoms with Gasteiger partial charge in [-0.1, -0.05) is 315 Å². The number of nitriles is 3. The number of benzene rings is 24. The van der Waals surface area contributed by atoms with E-state index in [-0.39, 0.29) is 0 Å². The fourth-order valence-electron chi connectivity index (χ4n) is 23.4. The maximum absolute atomic E-state index is 9.90. The molecular formula is C135H81N9. The van der Waals surface area contributed by atoms with Crippen molar-refractivity contribution >= 4 is 195 Å². The average Bonchev–Trinajstić information content (AvgIpc) is 1.56. The molecule has 24 aromatic carbocycles. The van der Waals surface area contributed by atoms with Crippen molar-refractivity contribution < 1.29 is 0 Å². The molecule has 0 radical (unpaired) electrons. The molecule has 0 N–H and O–H groups in total. The summed E-state index contributed by atoms with van der Waals surface area (Å²) in [6.07, 6.45) is 0. The van der Waals surface area contributed by atoms with E-state index in [0.29, 0.717) is 16.7 Å². The predicted octanol–water partition coefficient (Wildman–Crippen LogP) is 35.2. The van der Waals surface area contributed by atoms with Gasteiger partial charge < -0.3 is 27.4 Å². The van der Waals surface area contributed by atoms with Crippen LogP contribution in [0.5, 0.6) is 0 Å². The summed E-state index contributed by atoms with van der Waals surface area (Å²) in [7, 11) is 0. The Hall–Kier alpha value is -19.9. The average molecular weight is 1830 g/mol. The molecule has 0 unspecified atom stereocenters. The van der Waals surface area contributed by atoms with Gasteiger partial charge in [0.15, 0.2) is 0 Å². The van der Waals surface area contributed by atoms with Crippen molar-refractivity contribution in [1.82, 2.24) is 27.4 Å². The molecule has 9 heteroatoms. The van der Waals surface area contributed by atoms with Gasteiger partial charge in [0, 0.05) is 121 Å². The normalized spacial score (nSPS) is 11.7. The van der Waals surface area contributed by atoms with Gasteiger partial charge in [-0.05, 0) is 252 Å². The van der Waals surface area contributed by atoms with Crippen LogP contribution in [0.25, 0.3) is 263 Å². The predicted molar refractivity (Wildman–Crippen MR) is 601 cm³/mol. The van der Waals surface area contributed by atoms with E-state index in [2.05, 4.69) is 495 Å². The SMILES string of the molecule is N#Cc1cc2ccc(-n3c4ccccc4c4cccc(-c5ccc6c(c5)c5ccccc5n6-c5ccccc5)c43)cc2c2ccccc12.N#Cc1ccc2c(ccc3cc(-n4c5ccccc5c5cccc(-c6ccc7c(c6)c6ccccc6n7-c6ccccc6)c54)ccc32)c1.N#Cc1ccc2c(ccc3ccc(-n4c5ccccc5c5cccc(-c6ccc7c(c6)c6ccccc6n7-c6ccccc6)c54)cc32)c1. The van der Waals surface area contributed by atoms with Gasteiger partial charge in [-0.25, -0.2) is 0 Å². The lowest BCUT2D eigenvalue weighted by Gasteiger charge is -2.14. The van der Waals surface area contributed by atoms with Gasteiger partial charge in [0.05, 0.1) is 101 Å². The Labute approximate surface area is 826 Å². The van der Waals surface area contributed by atoms with Crippen molar-refractivity contribution in [2.45, 2.75) is 0 Å². The first-order valence-corrected chi connectivity index (χ1v) is 48.8. The van der Waals surface area contributed by atoms with E-state index in [9.17, 15) is 15.8 Å². The topological polar surface area (TPSA) is 101 Å². The van der Waals surface area contributed by atoms with Crippen molar-refractivity contribution in [1.29, 1.82) is 15.8 Å². The molecule has 0 saturated carbocycles. The second-order valence-electron chi connectivity index (χ2n) is 37.4. The molecule has 144 heavy (non-hydrogen) atoms. The van der Waals surface area contributed by atoms with Gasteiger partial charge in [-0.3, -0.25) is 0 Å². The molecule has 0 aliphatic heterocycles. The summed E-state index contributed by atoms with van der Waals surface area (Å²) in [6.45, 7) is 0. The summed E-state index contributed by atoms with van der Waals surface area (Å²) in [5.74, 6) is 0. The molecule has 0 saturated heterocycles. The van der Waals surface area contributed by atoms with Gasteiger partial charge in [-0.2, -0.15) is 15.8 Å². The van der Waals surface area contributed by atoms with Crippen molar-refractivity contribution in [3.8, 4) is 85.7 Å². The van der Waals surface area contributed by atoms with Gasteiger partial charge in [0.2, 0.25) is 0 Å². The Balaban J connectivity index is 0.000000105. The van der Waals surface area contributed by atoms with Gasteiger partial charge >= 0.3 is 0 Å². The number of aromatic nitrogens is 6. The van der Waals surface area contributed by atoms with Crippen LogP contribution in [-0.4, -0.2) is 27.4 Å². The van der Waals surface area contributed by atoms with Crippen LogP contribution in [0, 0.1) is 34.0 Å². The summed E-state index contributed by atoms with van der Waals surface area (Å²) in [6, 6.07) is 183. The second kappa shape index (κ2) is 33.2. The molecule has 6 aromatic heterocycles. The van der Waals surface area contributed by atoms with Crippen molar-refractivity contribution in [3.05, 3.63) is 508 Å². The number of nitrogens with zero attached hydrogens (tertiary/aromatic N) is 9. The van der Waals surface area contributed by atoms with Crippen molar-refractivity contribution in [2.24, 2.45) is 0 Å². The molecule has 0 fully saturated rings. The van der Waals surface area contributed by atoms with Crippen molar-refractivity contribution in [2.75, 3.05) is 0 Å². The molecule has 9 nitrogen and oxygen atoms in total. The van der Waals surface area contributed by atoms with E-state index in [1.54, 1.807) is 0 Å². The van der Waals surface area contributed by atoms with Crippen LogP contribution in [0.1, 0.15) is 16.7 Å². The summed E-state index contributed by atoms with van der Waals surface area (Å²) < 4.78 is 14.4. The number of hydrogen-bond acceptors (Lipinski definition) is 3. The first kappa shape index (κ1) is 82.4. The minimum Gasteiger partial charge on any atom is -0.309 e. The lowest BCUT2D eigenvalue weighted by atomic mass is 9.97. The Kier molecular flexibility index (Phi) is 19.0. The highest BCUT2D eigenvalue weighted by Crippen LogP contribution is 2.48. The highest BCUT2D eigenvalue weighted by atomic mass is 15.0. The minimum atomic E-state index is 0.675. The Morgan fingerprint density at radius 1 is 0.139 bits per heavy atom. The summed E-state index contributed by atoms with van der Waals surface area (Å²) in [5.41, 5.74) is 30.3. The quantitative estimate of drug-likeness (QED) is 0.135. The van der Waals surface area contributed by atoms with Crippen LogP contribution in [0.4, 0.5) is 0 Å². The first-order valence-electron chi connectivity index (χ1n) is 48.8. The Morgan fingerprint density at radius 3 is 0.792 bits per heavy atom. The smallest absolute Gasteiger partial charge is 0.0998 e. The Morgan fingerprint density at radius 2 is 0.410 bits per heavy atom. The zero-order chi connectivity index (χ0) is 95.3. The molecule has 30 rings (SSSR count). The van der Waals surface area contributed by atoms with Crippen molar-refractivity contribution in [3.63, 3.8) is 0 Å². The lowest BCUT2D eigenvalue weighted by molar-refractivity contribution is 1.18. The van der Waals surface area contributed by atoms with Crippen LogP contribution in [0.3, 0.4) is 0 Å². The summed E-state index contributed by atoms with van der Waals surface area (Å²) >= 11 is 0. The van der Waals surface area contributed by atoms with E-state index in [4.69, 9.17) is 0 Å². The molecular weight excluding hydrogens is 1750 g/mol. The van der Waals surface area contributed by atoms with Crippen LogP contribution in [-0.2, 0) is 0 Å². The van der Waals surface area contributed by atoms with Gasteiger partial charge in [-0.15, -0.1) is 0 Å². The second-order valence-corrected chi connectivity index (χ2v) is 37.4. The summed E-state index contributed by atoms with van der Waals surface area (Å²) in [4.78, 5) is 0. The van der Waals surface area contributed by atoms with E-state index in [1.807, 2.05) is 42.5 Å². The molecule has 30 aromatic rings. The van der Waals surface area contributed by atoms with E-state index in [0.717, 1.165) is 77.2 Å². The van der Waals surface area contributed by atoms with Crippen LogP contribution in [0.2, 0.25) is 0 Å². The fourth-order valence-corrected chi connectivity index (χ4v) is 23.4. The largest absolute Gasteiger partial charge is 0.309 e. The monoisotopic (exact) mass is 1830 g/mol. The standard InChI is InChI=1S/3C45H27N3/c46-28-29-17-23-35-31(25-29)19-18-30-20-22-34(27-40(30)35)48-43-16-7-4-11-37(43)39-14-8-13-36(45(39)48)32-21-24-44-41(26-32)38-12-5-6-15-42(38)47(44)33-9-2-1-3-10-33;46-28-29-17-22-35-30(25-29)18-19-31-26-34(21-23-36(31)35)48-43-16-7-4-11-38(43)40-14-8-13-37(45(40)48)32-20-24-44-41(27-32)39-12-5-6-15-42(39)47(44)33-9-2-1-3-10-33;46-28-31-25-29-21-23-33(27-40(29)36-14-5-4-13-34(31)36)48-43-20-9-6-15-37(43)39-18-10-17-35(45(39)48)30-22-24-44-41(26-30)38-16-7-8-19-42(38)47(44)32-11-2-1-3-12-32/h3*1-27H. The summed E-state index contributed by atoms with van der Waals surface area (Å²) in [5, 5.41) is 57.1. The lowest BCUT2D eigenvalue weighted by Crippen LogP contribution is -1.96. The number of fused-ring (bicyclic) bond motifs is 27. The molecule has 666 valence electrons. The highest BCUT2D eigenvalue weighted by Gasteiger charge is 2.26. The molecule has 0 bridgehead atoms. The number of hydrogen-bond donors (Lipinski definition) is 0. The van der Waals surface area contributed by atoms with Gasteiger partial charge in [0.25, 0.3) is 0 Å². The van der Waals surface area contributed by atoms with Crippen LogP contribution < -0.4 is 0 Å². The molecule has 0 amide bonds. The highest BCUT2D eigenvalue weighted by molar-refractivity contribution is 6.22. The fraction of sp³-hybridized carbons (Fsp3) is 0. The van der Waals surface area contributed by atoms with E-state index < -0.39 is 0 Å². The molecule has 0 aliphatic rings. The van der Waals surface area contributed by atoms with E-state index in [1.165, 1.54) is 186 Å². The third kappa shape index (κ3) is 13.0. The Bertz CT molecular complexity index is 10800. The first-order chi connectivity index (χ1) is 71.3. The molecule has 0 spiro atoms.